The summed E-state index contributed by atoms with van der Waals surface area (Å²) in [6, 6.07) is 0.0126. The van der Waals surface area contributed by atoms with Crippen LogP contribution in [-0.2, 0) is 10.2 Å². The van der Waals surface area contributed by atoms with Gasteiger partial charge < -0.3 is 5.32 Å². The van der Waals surface area contributed by atoms with E-state index in [0.717, 1.165) is 6.54 Å². The van der Waals surface area contributed by atoms with Crippen LogP contribution in [0, 0.1) is 0 Å². The fourth-order valence-corrected chi connectivity index (χ4v) is 3.40. The number of hydrogen-bond donors (Lipinski definition) is 2. The Hall–Kier alpha value is -0.170. The summed E-state index contributed by atoms with van der Waals surface area (Å²) in [4.78, 5) is 0. The summed E-state index contributed by atoms with van der Waals surface area (Å²) < 4.78 is 28.2. The van der Waals surface area contributed by atoms with E-state index in [1.807, 2.05) is 27.7 Å². The van der Waals surface area contributed by atoms with Crippen LogP contribution in [0.2, 0.25) is 0 Å². The maximum Gasteiger partial charge on any atom is 0.280 e. The van der Waals surface area contributed by atoms with Crippen molar-refractivity contribution in [3.63, 3.8) is 0 Å². The molecule has 15 heavy (non-hydrogen) atoms. The first kappa shape index (κ1) is 12.9. The van der Waals surface area contributed by atoms with E-state index in [4.69, 9.17) is 0 Å². The molecular weight excluding hydrogens is 214 g/mol. The number of piperazine rings is 1. The summed E-state index contributed by atoms with van der Waals surface area (Å²) in [5.74, 6) is 0. The zero-order valence-electron chi connectivity index (χ0n) is 9.87. The largest absolute Gasteiger partial charge is 0.314 e. The number of hydrogen-bond acceptors (Lipinski definition) is 3. The summed E-state index contributed by atoms with van der Waals surface area (Å²) >= 11 is 0. The predicted octanol–water partition coefficient (Wildman–Crippen LogP) is -0.0870. The molecule has 0 bridgehead atoms. The average molecular weight is 235 g/mol. The third kappa shape index (κ3) is 3.71. The highest BCUT2D eigenvalue weighted by atomic mass is 32.2. The first-order valence-electron chi connectivity index (χ1n) is 5.24. The van der Waals surface area contributed by atoms with Gasteiger partial charge in [-0.25, -0.2) is 0 Å². The van der Waals surface area contributed by atoms with Crippen molar-refractivity contribution in [1.29, 1.82) is 0 Å². The fourth-order valence-electron chi connectivity index (χ4n) is 1.63. The standard InChI is InChI=1S/C9H21N3O2S/c1-8-7-10-5-6-12(8)15(13,14)11-9(2,3)4/h8,10-11H,5-7H2,1-4H3. The van der Waals surface area contributed by atoms with Gasteiger partial charge in [0.05, 0.1) is 0 Å². The molecule has 0 aromatic heterocycles. The highest BCUT2D eigenvalue weighted by Crippen LogP contribution is 2.11. The normalized spacial score (nSPS) is 25.5. The Morgan fingerprint density at radius 2 is 2.00 bits per heavy atom. The molecule has 0 radical (unpaired) electrons. The Labute approximate surface area is 92.4 Å². The first-order valence-corrected chi connectivity index (χ1v) is 6.68. The highest BCUT2D eigenvalue weighted by Gasteiger charge is 2.31. The maximum absolute atomic E-state index is 12.0. The van der Waals surface area contributed by atoms with E-state index in [9.17, 15) is 8.42 Å². The van der Waals surface area contributed by atoms with Crippen LogP contribution in [0.4, 0.5) is 0 Å². The van der Waals surface area contributed by atoms with Crippen LogP contribution in [0.1, 0.15) is 27.7 Å². The first-order chi connectivity index (χ1) is 6.72. The molecule has 0 aliphatic carbocycles. The van der Waals surface area contributed by atoms with E-state index < -0.39 is 15.7 Å². The Bertz CT molecular complexity index is 308. The van der Waals surface area contributed by atoms with Crippen molar-refractivity contribution in [2.75, 3.05) is 19.6 Å². The molecule has 0 spiro atoms. The molecule has 0 aromatic carbocycles. The molecule has 1 aliphatic rings. The molecule has 1 aliphatic heterocycles. The third-order valence-electron chi connectivity index (χ3n) is 2.18. The summed E-state index contributed by atoms with van der Waals surface area (Å²) in [6.07, 6.45) is 0. The SMILES string of the molecule is CC1CNCCN1S(=O)(=O)NC(C)(C)C. The van der Waals surface area contributed by atoms with Crippen LogP contribution in [0.3, 0.4) is 0 Å². The van der Waals surface area contributed by atoms with Gasteiger partial charge >= 0.3 is 0 Å². The molecule has 6 heteroatoms. The van der Waals surface area contributed by atoms with Gasteiger partial charge in [0.25, 0.3) is 10.2 Å². The second kappa shape index (κ2) is 4.37. The molecule has 0 amide bonds. The smallest absolute Gasteiger partial charge is 0.280 e. The van der Waals surface area contributed by atoms with Gasteiger partial charge in [-0.2, -0.15) is 17.4 Å². The van der Waals surface area contributed by atoms with E-state index in [0.29, 0.717) is 13.1 Å². The Balaban J connectivity index is 2.76. The molecule has 1 saturated heterocycles. The van der Waals surface area contributed by atoms with Crippen LogP contribution in [-0.4, -0.2) is 43.9 Å². The minimum Gasteiger partial charge on any atom is -0.314 e. The minimum absolute atomic E-state index is 0.0126. The minimum atomic E-state index is -3.35. The van der Waals surface area contributed by atoms with E-state index in [-0.39, 0.29) is 6.04 Å². The maximum atomic E-state index is 12.0. The molecule has 1 atom stereocenters. The van der Waals surface area contributed by atoms with E-state index >= 15 is 0 Å². The summed E-state index contributed by atoms with van der Waals surface area (Å²) in [5.41, 5.74) is -0.427. The third-order valence-corrected chi connectivity index (χ3v) is 4.21. The van der Waals surface area contributed by atoms with E-state index in [2.05, 4.69) is 10.0 Å². The molecule has 90 valence electrons. The van der Waals surface area contributed by atoms with Gasteiger partial charge in [-0.15, -0.1) is 0 Å². The van der Waals surface area contributed by atoms with Crippen molar-refractivity contribution in [3.05, 3.63) is 0 Å². The van der Waals surface area contributed by atoms with Crippen LogP contribution < -0.4 is 10.0 Å². The Morgan fingerprint density at radius 1 is 1.40 bits per heavy atom. The average Bonchev–Trinajstić information content (AvgIpc) is 1.99. The van der Waals surface area contributed by atoms with Gasteiger partial charge in [-0.05, 0) is 27.7 Å². The fraction of sp³-hybridized carbons (Fsp3) is 1.00. The quantitative estimate of drug-likeness (QED) is 0.703. The van der Waals surface area contributed by atoms with Crippen molar-refractivity contribution in [2.24, 2.45) is 0 Å². The van der Waals surface area contributed by atoms with Crippen LogP contribution in [0.15, 0.2) is 0 Å². The monoisotopic (exact) mass is 235 g/mol. The van der Waals surface area contributed by atoms with E-state index in [1.54, 1.807) is 0 Å². The van der Waals surface area contributed by atoms with Crippen molar-refractivity contribution in [3.8, 4) is 0 Å². The van der Waals surface area contributed by atoms with Crippen molar-refractivity contribution < 1.29 is 8.42 Å². The molecular formula is C9H21N3O2S. The molecule has 0 saturated carbocycles. The molecule has 5 nitrogen and oxygen atoms in total. The summed E-state index contributed by atoms with van der Waals surface area (Å²) in [7, 11) is -3.35. The van der Waals surface area contributed by atoms with Gasteiger partial charge in [0.2, 0.25) is 0 Å². The van der Waals surface area contributed by atoms with Crippen molar-refractivity contribution in [1.82, 2.24) is 14.3 Å². The van der Waals surface area contributed by atoms with Gasteiger partial charge in [0.1, 0.15) is 0 Å². The lowest BCUT2D eigenvalue weighted by Gasteiger charge is -2.35. The van der Waals surface area contributed by atoms with Crippen LogP contribution in [0.25, 0.3) is 0 Å². The van der Waals surface area contributed by atoms with Crippen molar-refractivity contribution >= 4 is 10.2 Å². The van der Waals surface area contributed by atoms with Gasteiger partial charge in [0.15, 0.2) is 0 Å². The van der Waals surface area contributed by atoms with Gasteiger partial charge in [-0.3, -0.25) is 0 Å². The van der Waals surface area contributed by atoms with Crippen molar-refractivity contribution in [2.45, 2.75) is 39.3 Å². The molecule has 1 rings (SSSR count). The number of rotatable bonds is 2. The second-order valence-corrected chi connectivity index (χ2v) is 6.64. The molecule has 2 N–H and O–H groups in total. The summed E-state index contributed by atoms with van der Waals surface area (Å²) in [6.45, 7) is 9.41. The molecule has 1 heterocycles. The zero-order chi connectivity index (χ0) is 11.7. The zero-order valence-corrected chi connectivity index (χ0v) is 10.7. The Morgan fingerprint density at radius 3 is 2.47 bits per heavy atom. The summed E-state index contributed by atoms with van der Waals surface area (Å²) in [5, 5.41) is 3.17. The molecule has 1 unspecified atom stereocenters. The van der Waals surface area contributed by atoms with Crippen LogP contribution in [0.5, 0.6) is 0 Å². The number of nitrogens with one attached hydrogen (secondary N) is 2. The second-order valence-electron chi connectivity index (χ2n) is 5.02. The molecule has 1 fully saturated rings. The van der Waals surface area contributed by atoms with E-state index in [1.165, 1.54) is 4.31 Å². The molecule has 0 aromatic rings. The highest BCUT2D eigenvalue weighted by molar-refractivity contribution is 7.87. The Kier molecular flexibility index (Phi) is 3.76. The lowest BCUT2D eigenvalue weighted by Crippen LogP contribution is -2.58. The van der Waals surface area contributed by atoms with Crippen LogP contribution >= 0.6 is 0 Å². The topological polar surface area (TPSA) is 61.4 Å². The lowest BCUT2D eigenvalue weighted by atomic mass is 10.1. The lowest BCUT2D eigenvalue weighted by molar-refractivity contribution is 0.275. The van der Waals surface area contributed by atoms with Gasteiger partial charge in [0, 0.05) is 31.2 Å². The van der Waals surface area contributed by atoms with Gasteiger partial charge in [-0.1, -0.05) is 0 Å². The predicted molar refractivity (Wildman–Crippen MR) is 60.8 cm³/mol. The number of nitrogens with zero attached hydrogens (tertiary/aromatic N) is 1.